The van der Waals surface area contributed by atoms with Crippen molar-refractivity contribution in [1.82, 2.24) is 19.7 Å². The van der Waals surface area contributed by atoms with Crippen LogP contribution in [0.15, 0.2) is 66.6 Å². The molecule has 0 fully saturated rings. The first-order valence-corrected chi connectivity index (χ1v) is 8.87. The lowest BCUT2D eigenvalue weighted by Crippen LogP contribution is -2.16. The summed E-state index contributed by atoms with van der Waals surface area (Å²) in [7, 11) is 0. The number of hydrogen-bond acceptors (Lipinski definition) is 5. The molecule has 0 spiro atoms. The lowest BCUT2D eigenvalue weighted by Gasteiger charge is -2.10. The number of thioether (sulfide) groups is 1. The maximum atomic E-state index is 12.2. The molecule has 140 valence electrons. The maximum Gasteiger partial charge on any atom is 0.573 e. The molecule has 0 bridgehead atoms. The molecule has 5 nitrogen and oxygen atoms in total. The molecule has 0 radical (unpaired) electrons. The Labute approximate surface area is 157 Å². The first-order valence-electron chi connectivity index (χ1n) is 7.88. The van der Waals surface area contributed by atoms with Gasteiger partial charge in [0.1, 0.15) is 5.75 Å². The highest BCUT2D eigenvalue weighted by Gasteiger charge is 2.30. The number of benzene rings is 1. The molecule has 3 aromatic rings. The Bertz CT molecular complexity index is 895. The average Bonchev–Trinajstić information content (AvgIpc) is 3.04. The summed E-state index contributed by atoms with van der Waals surface area (Å²) in [6.07, 6.45) is 0.418. The molecule has 0 saturated heterocycles. The Balaban J connectivity index is 1.72. The maximum absolute atomic E-state index is 12.2. The molecular weight excluding hydrogens is 377 g/mol. The van der Waals surface area contributed by atoms with Crippen LogP contribution in [-0.4, -0.2) is 26.1 Å². The first-order chi connectivity index (χ1) is 13.0. The van der Waals surface area contributed by atoms with Gasteiger partial charge in [-0.1, -0.05) is 30.0 Å². The largest absolute Gasteiger partial charge is 0.573 e. The van der Waals surface area contributed by atoms with E-state index < -0.39 is 6.36 Å². The van der Waals surface area contributed by atoms with E-state index in [1.54, 1.807) is 30.6 Å². The third-order valence-electron chi connectivity index (χ3n) is 3.49. The molecule has 0 saturated carbocycles. The highest BCUT2D eigenvalue weighted by atomic mass is 32.2. The van der Waals surface area contributed by atoms with Gasteiger partial charge in [-0.3, -0.25) is 9.55 Å². The smallest absolute Gasteiger partial charge is 0.406 e. The number of nitrogens with zero attached hydrogens (tertiary/aromatic N) is 4. The molecule has 9 heteroatoms. The van der Waals surface area contributed by atoms with E-state index in [1.165, 1.54) is 23.9 Å². The van der Waals surface area contributed by atoms with Crippen molar-refractivity contribution >= 4 is 11.8 Å². The molecule has 0 aliphatic heterocycles. The van der Waals surface area contributed by atoms with Crippen molar-refractivity contribution in [3.05, 3.63) is 67.0 Å². The van der Waals surface area contributed by atoms with Crippen LogP contribution in [0.25, 0.3) is 11.4 Å². The third kappa shape index (κ3) is 5.10. The van der Waals surface area contributed by atoms with Gasteiger partial charge in [-0.25, -0.2) is 0 Å². The van der Waals surface area contributed by atoms with Gasteiger partial charge in [0.15, 0.2) is 11.0 Å². The lowest BCUT2D eigenvalue weighted by molar-refractivity contribution is -0.274. The lowest BCUT2D eigenvalue weighted by atomic mass is 10.2. The van der Waals surface area contributed by atoms with E-state index in [2.05, 4.69) is 26.5 Å². The van der Waals surface area contributed by atoms with E-state index >= 15 is 0 Å². The minimum Gasteiger partial charge on any atom is -0.406 e. The number of alkyl halides is 3. The SMILES string of the molecule is C=CCn1c(SCc2ccc(OC(F)(F)F)cc2)nnc1-c1ccncc1. The van der Waals surface area contributed by atoms with Crippen molar-refractivity contribution in [3.63, 3.8) is 0 Å². The van der Waals surface area contributed by atoms with Crippen LogP contribution >= 0.6 is 11.8 Å². The molecule has 27 heavy (non-hydrogen) atoms. The number of rotatable bonds is 7. The van der Waals surface area contributed by atoms with Crippen LogP contribution < -0.4 is 4.74 Å². The van der Waals surface area contributed by atoms with Crippen LogP contribution in [0.1, 0.15) is 5.56 Å². The van der Waals surface area contributed by atoms with Crippen molar-refractivity contribution in [2.24, 2.45) is 0 Å². The fraction of sp³-hybridized carbons (Fsp3) is 0.167. The second kappa shape index (κ2) is 8.26. The number of ether oxygens (including phenoxy) is 1. The van der Waals surface area contributed by atoms with Crippen LogP contribution in [0.3, 0.4) is 0 Å². The zero-order valence-electron chi connectivity index (χ0n) is 14.1. The van der Waals surface area contributed by atoms with Crippen molar-refractivity contribution in [1.29, 1.82) is 0 Å². The van der Waals surface area contributed by atoms with Gasteiger partial charge in [0.2, 0.25) is 0 Å². The zero-order valence-corrected chi connectivity index (χ0v) is 14.9. The molecule has 0 amide bonds. The van der Waals surface area contributed by atoms with E-state index in [4.69, 9.17) is 0 Å². The Hall–Kier alpha value is -2.81. The summed E-state index contributed by atoms with van der Waals surface area (Å²) >= 11 is 1.44. The van der Waals surface area contributed by atoms with E-state index in [1.807, 2.05) is 16.7 Å². The van der Waals surface area contributed by atoms with Gasteiger partial charge in [0.25, 0.3) is 0 Å². The zero-order chi connectivity index (χ0) is 19.3. The van der Waals surface area contributed by atoms with Crippen molar-refractivity contribution in [2.75, 3.05) is 0 Å². The number of aromatic nitrogens is 4. The van der Waals surface area contributed by atoms with Gasteiger partial charge >= 0.3 is 6.36 Å². The Kier molecular flexibility index (Phi) is 5.80. The highest BCUT2D eigenvalue weighted by molar-refractivity contribution is 7.98. The van der Waals surface area contributed by atoms with Crippen molar-refractivity contribution in [3.8, 4) is 17.1 Å². The second-order valence-electron chi connectivity index (χ2n) is 5.42. The van der Waals surface area contributed by atoms with Crippen LogP contribution in [0.2, 0.25) is 0 Å². The fourth-order valence-corrected chi connectivity index (χ4v) is 3.24. The van der Waals surface area contributed by atoms with Crippen LogP contribution in [0.4, 0.5) is 13.2 Å². The van der Waals surface area contributed by atoms with Gasteiger partial charge in [0, 0.05) is 30.3 Å². The molecule has 3 rings (SSSR count). The number of allylic oxidation sites excluding steroid dienone is 1. The summed E-state index contributed by atoms with van der Waals surface area (Å²) in [5.74, 6) is 0.984. The van der Waals surface area contributed by atoms with Crippen molar-refractivity contribution in [2.45, 2.75) is 23.8 Å². The van der Waals surface area contributed by atoms with Gasteiger partial charge < -0.3 is 4.74 Å². The molecule has 0 aliphatic carbocycles. The first kappa shape index (κ1) is 19.0. The summed E-state index contributed by atoms with van der Waals surface area (Å²) in [4.78, 5) is 4.00. The van der Waals surface area contributed by atoms with E-state index in [0.29, 0.717) is 23.3 Å². The molecule has 0 atom stereocenters. The topological polar surface area (TPSA) is 52.8 Å². The standard InChI is InChI=1S/C18H15F3N4OS/c1-2-11-25-16(14-7-9-22-10-8-14)23-24-17(25)27-12-13-3-5-15(6-4-13)26-18(19,20)21/h2-10H,1,11-12H2. The molecule has 2 aromatic heterocycles. The van der Waals surface area contributed by atoms with Gasteiger partial charge in [-0.15, -0.1) is 29.9 Å². The average molecular weight is 392 g/mol. The number of hydrogen-bond donors (Lipinski definition) is 0. The van der Waals surface area contributed by atoms with Crippen LogP contribution in [-0.2, 0) is 12.3 Å². The number of halogens is 3. The number of pyridine rings is 1. The highest BCUT2D eigenvalue weighted by Crippen LogP contribution is 2.28. The molecule has 0 aliphatic rings. The van der Waals surface area contributed by atoms with Gasteiger partial charge in [-0.2, -0.15) is 0 Å². The molecule has 0 N–H and O–H groups in total. The minimum atomic E-state index is -4.69. The summed E-state index contributed by atoms with van der Waals surface area (Å²) in [5, 5.41) is 9.16. The van der Waals surface area contributed by atoms with E-state index in [-0.39, 0.29) is 5.75 Å². The van der Waals surface area contributed by atoms with E-state index in [0.717, 1.165) is 11.1 Å². The quantitative estimate of drug-likeness (QED) is 0.430. The van der Waals surface area contributed by atoms with E-state index in [9.17, 15) is 13.2 Å². The summed E-state index contributed by atoms with van der Waals surface area (Å²) in [6.45, 7) is 4.30. The Morgan fingerprint density at radius 3 is 2.41 bits per heavy atom. The monoisotopic (exact) mass is 392 g/mol. The molecule has 0 unspecified atom stereocenters. The Morgan fingerprint density at radius 1 is 1.07 bits per heavy atom. The summed E-state index contributed by atoms with van der Waals surface area (Å²) in [6, 6.07) is 9.45. The Morgan fingerprint density at radius 2 is 1.78 bits per heavy atom. The summed E-state index contributed by atoms with van der Waals surface area (Å²) < 4.78 is 42.4. The van der Waals surface area contributed by atoms with Crippen molar-refractivity contribution < 1.29 is 17.9 Å². The van der Waals surface area contributed by atoms with Crippen LogP contribution in [0.5, 0.6) is 5.75 Å². The fourth-order valence-electron chi connectivity index (χ4n) is 2.34. The minimum absolute atomic E-state index is 0.244. The molecular formula is C18H15F3N4OS. The predicted molar refractivity (Wildman–Crippen MR) is 96.1 cm³/mol. The third-order valence-corrected chi connectivity index (χ3v) is 4.53. The van der Waals surface area contributed by atoms with Crippen LogP contribution in [0, 0.1) is 0 Å². The van der Waals surface area contributed by atoms with Gasteiger partial charge in [0.05, 0.1) is 0 Å². The van der Waals surface area contributed by atoms with Gasteiger partial charge in [-0.05, 0) is 29.8 Å². The summed E-state index contributed by atoms with van der Waals surface area (Å²) in [5.41, 5.74) is 1.73. The molecule has 2 heterocycles. The molecule has 1 aromatic carbocycles. The second-order valence-corrected chi connectivity index (χ2v) is 6.36. The normalized spacial score (nSPS) is 11.4. The predicted octanol–water partition coefficient (Wildman–Crippen LogP) is 4.72.